The second-order valence-electron chi connectivity index (χ2n) is 5.40. The Morgan fingerprint density at radius 1 is 1.29 bits per heavy atom. The van der Waals surface area contributed by atoms with Crippen LogP contribution in [-0.2, 0) is 6.42 Å². The quantitative estimate of drug-likeness (QED) is 0.726. The highest BCUT2D eigenvalue weighted by Crippen LogP contribution is 2.35. The fourth-order valence-corrected chi connectivity index (χ4v) is 1.61. The van der Waals surface area contributed by atoms with Gasteiger partial charge in [0.25, 0.3) is 0 Å². The number of hydrogen-bond acceptors (Lipinski definition) is 3. The first-order valence-electron chi connectivity index (χ1n) is 5.37. The minimum atomic E-state index is 0.226. The van der Waals surface area contributed by atoms with Crippen molar-refractivity contribution in [3.05, 3.63) is 11.8 Å². The molecule has 0 aromatic carbocycles. The Morgan fingerprint density at radius 3 is 2.50 bits per heavy atom. The Labute approximate surface area is 84.9 Å². The van der Waals surface area contributed by atoms with Crippen molar-refractivity contribution in [2.45, 2.75) is 52.4 Å². The van der Waals surface area contributed by atoms with Crippen molar-refractivity contribution >= 4 is 0 Å². The van der Waals surface area contributed by atoms with Gasteiger partial charge < -0.3 is 4.42 Å². The van der Waals surface area contributed by atoms with Crippen molar-refractivity contribution in [2.75, 3.05) is 0 Å². The van der Waals surface area contributed by atoms with Gasteiger partial charge in [0.2, 0.25) is 11.8 Å². The first-order chi connectivity index (χ1) is 6.54. The topological polar surface area (TPSA) is 38.9 Å². The molecule has 1 aromatic rings. The summed E-state index contributed by atoms with van der Waals surface area (Å²) in [7, 11) is 0. The van der Waals surface area contributed by atoms with E-state index in [1.807, 2.05) is 0 Å². The van der Waals surface area contributed by atoms with Gasteiger partial charge in [-0.1, -0.05) is 27.2 Å². The lowest BCUT2D eigenvalue weighted by Gasteiger charge is -2.21. The molecule has 1 saturated carbocycles. The molecule has 0 atom stereocenters. The van der Waals surface area contributed by atoms with Crippen LogP contribution in [0.25, 0.3) is 0 Å². The highest BCUT2D eigenvalue weighted by Gasteiger charge is 2.26. The highest BCUT2D eigenvalue weighted by molar-refractivity contribution is 4.97. The van der Waals surface area contributed by atoms with Gasteiger partial charge in [0.15, 0.2) is 0 Å². The van der Waals surface area contributed by atoms with E-state index in [0.717, 1.165) is 18.2 Å². The predicted octanol–water partition coefficient (Wildman–Crippen LogP) is 2.93. The molecule has 0 radical (unpaired) electrons. The lowest BCUT2D eigenvalue weighted by atomic mass is 9.85. The normalized spacial score (nSPS) is 18.2. The predicted molar refractivity (Wildman–Crippen MR) is 54.0 cm³/mol. The van der Waals surface area contributed by atoms with E-state index in [-0.39, 0.29) is 5.41 Å². The summed E-state index contributed by atoms with van der Waals surface area (Å²) in [4.78, 5) is 0. The lowest BCUT2D eigenvalue weighted by molar-refractivity contribution is 0.302. The van der Waals surface area contributed by atoms with E-state index in [4.69, 9.17) is 4.42 Å². The molecule has 78 valence electrons. The third-order valence-corrected chi connectivity index (χ3v) is 2.62. The summed E-state index contributed by atoms with van der Waals surface area (Å²) in [6.07, 6.45) is 4.61. The number of aromatic nitrogens is 2. The van der Waals surface area contributed by atoms with Crippen LogP contribution in [0.5, 0.6) is 0 Å². The van der Waals surface area contributed by atoms with E-state index in [2.05, 4.69) is 31.0 Å². The van der Waals surface area contributed by atoms with Crippen LogP contribution >= 0.6 is 0 Å². The molecule has 0 spiro atoms. The van der Waals surface area contributed by atoms with Crippen LogP contribution in [0, 0.1) is 5.41 Å². The molecule has 0 bridgehead atoms. The molecule has 1 aliphatic rings. The van der Waals surface area contributed by atoms with E-state index in [0.29, 0.717) is 5.92 Å². The van der Waals surface area contributed by atoms with Gasteiger partial charge in [-0.15, -0.1) is 10.2 Å². The smallest absolute Gasteiger partial charge is 0.219 e. The van der Waals surface area contributed by atoms with E-state index >= 15 is 0 Å². The molecule has 0 aliphatic heterocycles. The van der Waals surface area contributed by atoms with Gasteiger partial charge in [-0.3, -0.25) is 0 Å². The maximum absolute atomic E-state index is 5.64. The van der Waals surface area contributed by atoms with E-state index in [1.54, 1.807) is 0 Å². The van der Waals surface area contributed by atoms with E-state index < -0.39 is 0 Å². The van der Waals surface area contributed by atoms with Crippen LogP contribution in [-0.4, -0.2) is 10.2 Å². The summed E-state index contributed by atoms with van der Waals surface area (Å²) in [6, 6.07) is 0. The SMILES string of the molecule is CC(C)(C)Cc1nnc(C2CCC2)o1. The van der Waals surface area contributed by atoms with Crippen molar-refractivity contribution in [3.63, 3.8) is 0 Å². The van der Waals surface area contributed by atoms with Crippen molar-refractivity contribution in [2.24, 2.45) is 5.41 Å². The zero-order valence-corrected chi connectivity index (χ0v) is 9.21. The van der Waals surface area contributed by atoms with Gasteiger partial charge in [0.05, 0.1) is 0 Å². The van der Waals surface area contributed by atoms with E-state index in [9.17, 15) is 0 Å². The third-order valence-electron chi connectivity index (χ3n) is 2.62. The zero-order valence-electron chi connectivity index (χ0n) is 9.21. The first kappa shape index (κ1) is 9.69. The molecule has 1 fully saturated rings. The summed E-state index contributed by atoms with van der Waals surface area (Å²) in [5, 5.41) is 8.19. The molecule has 0 amide bonds. The minimum Gasteiger partial charge on any atom is -0.425 e. The first-order valence-corrected chi connectivity index (χ1v) is 5.37. The van der Waals surface area contributed by atoms with Crippen molar-refractivity contribution in [3.8, 4) is 0 Å². The molecular weight excluding hydrogens is 176 g/mol. The minimum absolute atomic E-state index is 0.226. The summed E-state index contributed by atoms with van der Waals surface area (Å²) in [6.45, 7) is 6.54. The van der Waals surface area contributed by atoms with Gasteiger partial charge in [-0.05, 0) is 18.3 Å². The van der Waals surface area contributed by atoms with Crippen molar-refractivity contribution in [1.82, 2.24) is 10.2 Å². The number of rotatable bonds is 2. The number of hydrogen-bond donors (Lipinski definition) is 0. The van der Waals surface area contributed by atoms with E-state index in [1.165, 1.54) is 19.3 Å². The molecule has 3 nitrogen and oxygen atoms in total. The van der Waals surface area contributed by atoms with Gasteiger partial charge >= 0.3 is 0 Å². The summed E-state index contributed by atoms with van der Waals surface area (Å²) in [5.41, 5.74) is 0.226. The molecular formula is C11H18N2O. The van der Waals surface area contributed by atoms with Gasteiger partial charge in [-0.2, -0.15) is 0 Å². The van der Waals surface area contributed by atoms with Gasteiger partial charge in [0.1, 0.15) is 0 Å². The zero-order chi connectivity index (χ0) is 10.2. The molecule has 0 saturated heterocycles. The van der Waals surface area contributed by atoms with Crippen LogP contribution in [0.15, 0.2) is 4.42 Å². The fraction of sp³-hybridized carbons (Fsp3) is 0.818. The van der Waals surface area contributed by atoms with Crippen LogP contribution in [0.1, 0.15) is 57.7 Å². The third kappa shape index (κ3) is 2.14. The molecule has 1 aliphatic carbocycles. The van der Waals surface area contributed by atoms with Gasteiger partial charge in [0, 0.05) is 12.3 Å². The Balaban J connectivity index is 2.02. The summed E-state index contributed by atoms with van der Waals surface area (Å²) in [5.74, 6) is 2.20. The second kappa shape index (κ2) is 3.37. The standard InChI is InChI=1S/C11H18N2O/c1-11(2,3)7-9-12-13-10(14-9)8-5-4-6-8/h8H,4-7H2,1-3H3. The molecule has 3 heteroatoms. The largest absolute Gasteiger partial charge is 0.425 e. The molecule has 14 heavy (non-hydrogen) atoms. The van der Waals surface area contributed by atoms with Crippen molar-refractivity contribution < 1.29 is 4.42 Å². The van der Waals surface area contributed by atoms with Crippen LogP contribution < -0.4 is 0 Å². The molecule has 2 rings (SSSR count). The van der Waals surface area contributed by atoms with Crippen LogP contribution in [0.2, 0.25) is 0 Å². The van der Waals surface area contributed by atoms with Gasteiger partial charge in [-0.25, -0.2) is 0 Å². The van der Waals surface area contributed by atoms with Crippen LogP contribution in [0.3, 0.4) is 0 Å². The summed E-state index contributed by atoms with van der Waals surface area (Å²) >= 11 is 0. The molecule has 1 heterocycles. The Morgan fingerprint density at radius 2 is 2.00 bits per heavy atom. The van der Waals surface area contributed by atoms with Crippen LogP contribution in [0.4, 0.5) is 0 Å². The average molecular weight is 194 g/mol. The monoisotopic (exact) mass is 194 g/mol. The average Bonchev–Trinajstić information content (AvgIpc) is 2.28. The fourth-order valence-electron chi connectivity index (χ4n) is 1.61. The maximum atomic E-state index is 5.64. The Hall–Kier alpha value is -0.860. The number of nitrogens with zero attached hydrogens (tertiary/aromatic N) is 2. The Bertz CT molecular complexity index is 307. The highest BCUT2D eigenvalue weighted by atomic mass is 16.4. The lowest BCUT2D eigenvalue weighted by Crippen LogP contribution is -2.09. The summed E-state index contributed by atoms with van der Waals surface area (Å²) < 4.78 is 5.64. The maximum Gasteiger partial charge on any atom is 0.219 e. The molecule has 0 unspecified atom stereocenters. The van der Waals surface area contributed by atoms with Crippen molar-refractivity contribution in [1.29, 1.82) is 0 Å². The second-order valence-corrected chi connectivity index (χ2v) is 5.40. The Kier molecular flexibility index (Phi) is 2.33. The molecule has 1 aromatic heterocycles. The molecule has 0 N–H and O–H groups in total.